The summed E-state index contributed by atoms with van der Waals surface area (Å²) >= 11 is 0. The first kappa shape index (κ1) is 12.5. The number of hydrogen-bond donors (Lipinski definition) is 1. The van der Waals surface area contributed by atoms with Crippen LogP contribution in [-0.2, 0) is 9.53 Å². The van der Waals surface area contributed by atoms with Crippen molar-refractivity contribution in [1.29, 1.82) is 0 Å². The fourth-order valence-electron chi connectivity index (χ4n) is 1.88. The van der Waals surface area contributed by atoms with Crippen molar-refractivity contribution in [2.24, 2.45) is 5.92 Å². The van der Waals surface area contributed by atoms with Crippen LogP contribution in [0, 0.1) is 5.92 Å². The van der Waals surface area contributed by atoms with Crippen molar-refractivity contribution in [3.8, 4) is 0 Å². The van der Waals surface area contributed by atoms with E-state index in [0.29, 0.717) is 19.4 Å². The zero-order chi connectivity index (χ0) is 12.1. The molecule has 2 unspecified atom stereocenters. The van der Waals surface area contributed by atoms with Gasteiger partial charge in [-0.25, -0.2) is 4.79 Å². The molecule has 0 aromatic heterocycles. The Kier molecular flexibility index (Phi) is 4.34. The highest BCUT2D eigenvalue weighted by atomic mass is 16.6. The van der Waals surface area contributed by atoms with Crippen molar-refractivity contribution >= 4 is 12.1 Å². The Morgan fingerprint density at radius 3 is 2.81 bits per heavy atom. The summed E-state index contributed by atoms with van der Waals surface area (Å²) < 4.78 is 4.92. The second-order valence-corrected chi connectivity index (χ2v) is 3.97. The summed E-state index contributed by atoms with van der Waals surface area (Å²) in [4.78, 5) is 23.9. The van der Waals surface area contributed by atoms with Gasteiger partial charge in [0.2, 0.25) is 0 Å². The lowest BCUT2D eigenvalue weighted by atomic mass is 9.92. The number of carboxylic acids is 1. The third kappa shape index (κ3) is 2.98. The van der Waals surface area contributed by atoms with Crippen LogP contribution in [0.15, 0.2) is 12.7 Å². The zero-order valence-electron chi connectivity index (χ0n) is 9.39. The standard InChI is InChI=1S/C11H17NO4/c1-3-6-16-11(15)12-5-4-9(10(13)14)7-8(12)2/h3,8-9H,1,4-7H2,2H3,(H,13,14). The Balaban J connectivity index is 2.49. The summed E-state index contributed by atoms with van der Waals surface area (Å²) in [5.74, 6) is -1.13. The van der Waals surface area contributed by atoms with Crippen molar-refractivity contribution in [2.45, 2.75) is 25.8 Å². The number of carbonyl (C=O) groups is 2. The van der Waals surface area contributed by atoms with E-state index >= 15 is 0 Å². The fraction of sp³-hybridized carbons (Fsp3) is 0.636. The molecule has 0 aromatic carbocycles. The van der Waals surface area contributed by atoms with Crippen LogP contribution in [0.25, 0.3) is 0 Å². The van der Waals surface area contributed by atoms with Gasteiger partial charge in [-0.3, -0.25) is 4.79 Å². The van der Waals surface area contributed by atoms with Crippen LogP contribution in [0.3, 0.4) is 0 Å². The van der Waals surface area contributed by atoms with E-state index in [9.17, 15) is 9.59 Å². The predicted molar refractivity (Wildman–Crippen MR) is 58.1 cm³/mol. The summed E-state index contributed by atoms with van der Waals surface area (Å²) in [6, 6.07) is -0.0906. The molecule has 1 rings (SSSR count). The molecular weight excluding hydrogens is 210 g/mol. The highest BCUT2D eigenvalue weighted by Crippen LogP contribution is 2.23. The summed E-state index contributed by atoms with van der Waals surface area (Å²) in [5, 5.41) is 8.87. The van der Waals surface area contributed by atoms with E-state index in [1.54, 1.807) is 4.90 Å². The van der Waals surface area contributed by atoms with Crippen molar-refractivity contribution in [1.82, 2.24) is 4.90 Å². The van der Waals surface area contributed by atoms with E-state index in [-0.39, 0.29) is 18.6 Å². The molecule has 2 atom stereocenters. The first-order valence-corrected chi connectivity index (χ1v) is 5.33. The third-order valence-corrected chi connectivity index (χ3v) is 2.78. The summed E-state index contributed by atoms with van der Waals surface area (Å²) in [6.45, 7) is 5.92. The number of amides is 1. The summed E-state index contributed by atoms with van der Waals surface area (Å²) in [6.07, 6.45) is 2.09. The Labute approximate surface area is 94.7 Å². The Morgan fingerprint density at radius 2 is 2.31 bits per heavy atom. The van der Waals surface area contributed by atoms with E-state index in [0.717, 1.165) is 0 Å². The normalized spacial score (nSPS) is 24.9. The van der Waals surface area contributed by atoms with Gasteiger partial charge in [0.05, 0.1) is 5.92 Å². The first-order chi connectivity index (χ1) is 7.56. The number of aliphatic carboxylic acids is 1. The van der Waals surface area contributed by atoms with Crippen LogP contribution >= 0.6 is 0 Å². The van der Waals surface area contributed by atoms with Crippen LogP contribution in [0.1, 0.15) is 19.8 Å². The van der Waals surface area contributed by atoms with E-state index in [1.807, 2.05) is 6.92 Å². The zero-order valence-corrected chi connectivity index (χ0v) is 9.39. The third-order valence-electron chi connectivity index (χ3n) is 2.78. The first-order valence-electron chi connectivity index (χ1n) is 5.33. The largest absolute Gasteiger partial charge is 0.481 e. The smallest absolute Gasteiger partial charge is 0.410 e. The minimum Gasteiger partial charge on any atom is -0.481 e. The van der Waals surface area contributed by atoms with Crippen molar-refractivity contribution in [2.75, 3.05) is 13.2 Å². The maximum atomic E-state index is 11.6. The minimum absolute atomic E-state index is 0.0906. The predicted octanol–water partition coefficient (Wildman–Crippen LogP) is 1.49. The number of carbonyl (C=O) groups excluding carboxylic acids is 1. The van der Waals surface area contributed by atoms with Crippen LogP contribution in [0.2, 0.25) is 0 Å². The van der Waals surface area contributed by atoms with Crippen molar-refractivity contribution < 1.29 is 19.4 Å². The highest BCUT2D eigenvalue weighted by Gasteiger charge is 2.32. The molecule has 1 N–H and O–H groups in total. The molecule has 1 aliphatic heterocycles. The lowest BCUT2D eigenvalue weighted by Gasteiger charge is -2.35. The monoisotopic (exact) mass is 227 g/mol. The molecule has 1 fully saturated rings. The lowest BCUT2D eigenvalue weighted by Crippen LogP contribution is -2.46. The molecule has 1 aliphatic rings. The average molecular weight is 227 g/mol. The van der Waals surface area contributed by atoms with E-state index in [1.165, 1.54) is 6.08 Å². The number of carboxylic acid groups (broad SMARTS) is 1. The number of rotatable bonds is 3. The van der Waals surface area contributed by atoms with Gasteiger partial charge in [0, 0.05) is 12.6 Å². The van der Waals surface area contributed by atoms with Gasteiger partial charge in [-0.05, 0) is 19.8 Å². The Morgan fingerprint density at radius 1 is 1.62 bits per heavy atom. The molecule has 0 aromatic rings. The topological polar surface area (TPSA) is 66.8 Å². The number of nitrogens with zero attached hydrogens (tertiary/aromatic N) is 1. The van der Waals surface area contributed by atoms with Gasteiger partial charge in [0.15, 0.2) is 0 Å². The van der Waals surface area contributed by atoms with Crippen LogP contribution in [-0.4, -0.2) is 41.3 Å². The molecule has 5 heteroatoms. The van der Waals surface area contributed by atoms with E-state index in [4.69, 9.17) is 9.84 Å². The van der Waals surface area contributed by atoms with Gasteiger partial charge in [-0.1, -0.05) is 12.7 Å². The van der Waals surface area contributed by atoms with Crippen molar-refractivity contribution in [3.05, 3.63) is 12.7 Å². The van der Waals surface area contributed by atoms with E-state index < -0.39 is 12.1 Å². The highest BCUT2D eigenvalue weighted by molar-refractivity contribution is 5.72. The van der Waals surface area contributed by atoms with Gasteiger partial charge in [0.25, 0.3) is 0 Å². The molecule has 1 saturated heterocycles. The molecule has 0 bridgehead atoms. The number of likely N-dealkylation sites (tertiary alicyclic amines) is 1. The molecule has 1 amide bonds. The van der Waals surface area contributed by atoms with Gasteiger partial charge in [-0.2, -0.15) is 0 Å². The van der Waals surface area contributed by atoms with Crippen LogP contribution in [0.4, 0.5) is 4.79 Å². The molecular formula is C11H17NO4. The Hall–Kier alpha value is -1.52. The quantitative estimate of drug-likeness (QED) is 0.742. The van der Waals surface area contributed by atoms with Crippen LogP contribution in [0.5, 0.6) is 0 Å². The average Bonchev–Trinajstić information content (AvgIpc) is 2.25. The number of hydrogen-bond acceptors (Lipinski definition) is 3. The lowest BCUT2D eigenvalue weighted by molar-refractivity contribution is -0.143. The van der Waals surface area contributed by atoms with Crippen LogP contribution < -0.4 is 0 Å². The van der Waals surface area contributed by atoms with E-state index in [2.05, 4.69) is 6.58 Å². The molecule has 5 nitrogen and oxygen atoms in total. The van der Waals surface area contributed by atoms with Gasteiger partial charge in [0.1, 0.15) is 6.61 Å². The van der Waals surface area contributed by atoms with Gasteiger partial charge < -0.3 is 14.7 Å². The summed E-state index contributed by atoms with van der Waals surface area (Å²) in [5.41, 5.74) is 0. The second kappa shape index (κ2) is 5.53. The van der Waals surface area contributed by atoms with Crippen molar-refractivity contribution in [3.63, 3.8) is 0 Å². The SMILES string of the molecule is C=CCOC(=O)N1CCC(C(=O)O)CC1C. The maximum absolute atomic E-state index is 11.6. The molecule has 0 saturated carbocycles. The molecule has 90 valence electrons. The minimum atomic E-state index is -0.786. The summed E-state index contributed by atoms with van der Waals surface area (Å²) in [7, 11) is 0. The molecule has 0 spiro atoms. The number of piperidine rings is 1. The Bertz CT molecular complexity index is 290. The fourth-order valence-corrected chi connectivity index (χ4v) is 1.88. The second-order valence-electron chi connectivity index (χ2n) is 3.97. The number of ether oxygens (including phenoxy) is 1. The maximum Gasteiger partial charge on any atom is 0.410 e. The van der Waals surface area contributed by atoms with Gasteiger partial charge in [-0.15, -0.1) is 0 Å². The van der Waals surface area contributed by atoms with Gasteiger partial charge >= 0.3 is 12.1 Å². The molecule has 16 heavy (non-hydrogen) atoms. The molecule has 0 radical (unpaired) electrons. The molecule has 0 aliphatic carbocycles. The molecule has 1 heterocycles.